The minimum atomic E-state index is -0.104. The van der Waals surface area contributed by atoms with Crippen molar-refractivity contribution in [3.8, 4) is 11.5 Å². The third kappa shape index (κ3) is 5.47. The molecule has 116 valence electrons. The molecule has 0 fully saturated rings. The number of carbonyl (C=O) groups excluding carboxylic acids is 1. The van der Waals surface area contributed by atoms with Crippen LogP contribution in [0.2, 0.25) is 0 Å². The molecular formula is C14H21N3O3S. The second-order valence-electron chi connectivity index (χ2n) is 4.27. The fraction of sp³-hybridized carbons (Fsp3) is 0.429. The van der Waals surface area contributed by atoms with Gasteiger partial charge in [0.05, 0.1) is 14.2 Å². The molecule has 1 aromatic carbocycles. The summed E-state index contributed by atoms with van der Waals surface area (Å²) in [6, 6.07) is 5.38. The van der Waals surface area contributed by atoms with Crippen LogP contribution < -0.4 is 25.6 Å². The minimum absolute atomic E-state index is 0.104. The van der Waals surface area contributed by atoms with E-state index in [1.807, 2.05) is 13.0 Å². The third-order valence-corrected chi connectivity index (χ3v) is 2.94. The van der Waals surface area contributed by atoms with E-state index in [0.29, 0.717) is 23.6 Å². The molecule has 0 saturated heterocycles. The summed E-state index contributed by atoms with van der Waals surface area (Å²) in [7, 11) is 3.12. The standard InChI is InChI=1S/C14H21N3O3S/c1-4-5-9-12(18)16-17-14(21)15-13-10(19-2)7-6-8-11(13)20-3/h6-8H,4-5,9H2,1-3H3,(H,16,18)(H2,15,17,21). The number of amides is 1. The van der Waals surface area contributed by atoms with Crippen molar-refractivity contribution in [2.75, 3.05) is 19.5 Å². The van der Waals surface area contributed by atoms with Gasteiger partial charge >= 0.3 is 0 Å². The first-order valence-corrected chi connectivity index (χ1v) is 7.10. The molecule has 0 saturated carbocycles. The Balaban J connectivity index is 2.60. The molecule has 1 rings (SSSR count). The molecule has 0 aromatic heterocycles. The summed E-state index contributed by atoms with van der Waals surface area (Å²) in [5, 5.41) is 3.20. The summed E-state index contributed by atoms with van der Waals surface area (Å²) in [6.45, 7) is 2.03. The van der Waals surface area contributed by atoms with Crippen LogP contribution in [-0.2, 0) is 4.79 Å². The van der Waals surface area contributed by atoms with E-state index in [-0.39, 0.29) is 11.0 Å². The quantitative estimate of drug-likeness (QED) is 0.553. The first-order valence-electron chi connectivity index (χ1n) is 6.69. The number of anilines is 1. The molecular weight excluding hydrogens is 290 g/mol. The molecule has 0 bridgehead atoms. The summed E-state index contributed by atoms with van der Waals surface area (Å²) in [5.74, 6) is 1.08. The molecule has 0 aliphatic rings. The maximum absolute atomic E-state index is 11.5. The second kappa shape index (κ2) is 9.02. The molecule has 0 unspecified atom stereocenters. The monoisotopic (exact) mass is 311 g/mol. The highest BCUT2D eigenvalue weighted by Gasteiger charge is 2.11. The number of benzene rings is 1. The third-order valence-electron chi connectivity index (χ3n) is 2.74. The SMILES string of the molecule is CCCCC(=O)NNC(=S)Nc1c(OC)cccc1OC. The molecule has 0 heterocycles. The van der Waals surface area contributed by atoms with Crippen LogP contribution in [0.1, 0.15) is 26.2 Å². The van der Waals surface area contributed by atoms with E-state index >= 15 is 0 Å². The Labute approximate surface area is 130 Å². The van der Waals surface area contributed by atoms with Gasteiger partial charge in [0, 0.05) is 6.42 Å². The number of thiocarbonyl (C=S) groups is 1. The maximum Gasteiger partial charge on any atom is 0.238 e. The van der Waals surface area contributed by atoms with Crippen LogP contribution >= 0.6 is 12.2 Å². The van der Waals surface area contributed by atoms with E-state index in [0.717, 1.165) is 12.8 Å². The normalized spacial score (nSPS) is 9.67. The number of carbonyl (C=O) groups is 1. The van der Waals surface area contributed by atoms with Gasteiger partial charge in [-0.05, 0) is 30.8 Å². The van der Waals surface area contributed by atoms with Crippen molar-refractivity contribution in [2.45, 2.75) is 26.2 Å². The number of hydrazine groups is 1. The summed E-state index contributed by atoms with van der Waals surface area (Å²) in [4.78, 5) is 11.5. The Bertz CT molecular complexity index is 472. The van der Waals surface area contributed by atoms with Crippen molar-refractivity contribution in [1.82, 2.24) is 10.9 Å². The molecule has 0 spiro atoms. The minimum Gasteiger partial charge on any atom is -0.494 e. The lowest BCUT2D eigenvalue weighted by molar-refractivity contribution is -0.121. The summed E-state index contributed by atoms with van der Waals surface area (Å²) >= 11 is 5.13. The zero-order valence-corrected chi connectivity index (χ0v) is 13.3. The number of para-hydroxylation sites is 1. The first kappa shape index (κ1) is 17.0. The fourth-order valence-electron chi connectivity index (χ4n) is 1.65. The Morgan fingerprint density at radius 2 is 1.81 bits per heavy atom. The van der Waals surface area contributed by atoms with E-state index in [2.05, 4.69) is 16.2 Å². The number of unbranched alkanes of at least 4 members (excludes halogenated alkanes) is 1. The van der Waals surface area contributed by atoms with Crippen LogP contribution in [0.4, 0.5) is 5.69 Å². The Morgan fingerprint density at radius 1 is 1.19 bits per heavy atom. The van der Waals surface area contributed by atoms with Crippen molar-refractivity contribution in [3.05, 3.63) is 18.2 Å². The van der Waals surface area contributed by atoms with E-state index in [9.17, 15) is 4.79 Å². The lowest BCUT2D eigenvalue weighted by atomic mass is 10.2. The average Bonchev–Trinajstić information content (AvgIpc) is 2.51. The van der Waals surface area contributed by atoms with Crippen molar-refractivity contribution in [1.29, 1.82) is 0 Å². The van der Waals surface area contributed by atoms with Crippen LogP contribution in [0.5, 0.6) is 11.5 Å². The fourth-order valence-corrected chi connectivity index (χ4v) is 1.80. The maximum atomic E-state index is 11.5. The van der Waals surface area contributed by atoms with E-state index in [1.54, 1.807) is 26.4 Å². The molecule has 0 aliphatic heterocycles. The highest BCUT2D eigenvalue weighted by molar-refractivity contribution is 7.80. The topological polar surface area (TPSA) is 71.6 Å². The van der Waals surface area contributed by atoms with Crippen LogP contribution in [0.25, 0.3) is 0 Å². The van der Waals surface area contributed by atoms with Crippen LogP contribution in [0.15, 0.2) is 18.2 Å². The van der Waals surface area contributed by atoms with E-state index in [4.69, 9.17) is 21.7 Å². The van der Waals surface area contributed by atoms with Gasteiger partial charge in [0.1, 0.15) is 17.2 Å². The highest BCUT2D eigenvalue weighted by atomic mass is 32.1. The number of nitrogens with one attached hydrogen (secondary N) is 3. The second-order valence-corrected chi connectivity index (χ2v) is 4.68. The van der Waals surface area contributed by atoms with Gasteiger partial charge in [0.15, 0.2) is 5.11 Å². The van der Waals surface area contributed by atoms with Crippen molar-refractivity contribution < 1.29 is 14.3 Å². The van der Waals surface area contributed by atoms with E-state index < -0.39 is 0 Å². The van der Waals surface area contributed by atoms with Gasteiger partial charge in [-0.25, -0.2) is 0 Å². The number of rotatable bonds is 6. The molecule has 1 aromatic rings. The molecule has 21 heavy (non-hydrogen) atoms. The van der Waals surface area contributed by atoms with Gasteiger partial charge in [0.25, 0.3) is 0 Å². The number of ether oxygens (including phenoxy) is 2. The van der Waals surface area contributed by atoms with Gasteiger partial charge in [-0.3, -0.25) is 15.6 Å². The van der Waals surface area contributed by atoms with Crippen molar-refractivity contribution in [2.24, 2.45) is 0 Å². The lowest BCUT2D eigenvalue weighted by Gasteiger charge is -2.16. The number of hydrogen-bond donors (Lipinski definition) is 3. The summed E-state index contributed by atoms with van der Waals surface area (Å²) in [6.07, 6.45) is 2.27. The van der Waals surface area contributed by atoms with Crippen LogP contribution in [-0.4, -0.2) is 25.2 Å². The Morgan fingerprint density at radius 3 is 2.33 bits per heavy atom. The van der Waals surface area contributed by atoms with Gasteiger partial charge in [-0.2, -0.15) is 0 Å². The summed E-state index contributed by atoms with van der Waals surface area (Å²) in [5.41, 5.74) is 5.79. The van der Waals surface area contributed by atoms with Crippen LogP contribution in [0.3, 0.4) is 0 Å². The molecule has 3 N–H and O–H groups in total. The van der Waals surface area contributed by atoms with Crippen LogP contribution in [0, 0.1) is 0 Å². The molecule has 0 atom stereocenters. The van der Waals surface area contributed by atoms with Gasteiger partial charge in [-0.1, -0.05) is 19.4 Å². The first-order chi connectivity index (χ1) is 10.1. The zero-order valence-electron chi connectivity index (χ0n) is 12.5. The van der Waals surface area contributed by atoms with E-state index in [1.165, 1.54) is 0 Å². The van der Waals surface area contributed by atoms with Gasteiger partial charge in [0.2, 0.25) is 5.91 Å². The number of methoxy groups -OCH3 is 2. The predicted octanol–water partition coefficient (Wildman–Crippen LogP) is 2.21. The molecule has 1 amide bonds. The molecule has 7 heteroatoms. The van der Waals surface area contributed by atoms with Crippen molar-refractivity contribution in [3.63, 3.8) is 0 Å². The molecule has 6 nitrogen and oxygen atoms in total. The Kier molecular flexibility index (Phi) is 7.31. The molecule has 0 radical (unpaired) electrons. The molecule has 0 aliphatic carbocycles. The Hall–Kier alpha value is -2.02. The lowest BCUT2D eigenvalue weighted by Crippen LogP contribution is -2.43. The smallest absolute Gasteiger partial charge is 0.238 e. The van der Waals surface area contributed by atoms with Crippen molar-refractivity contribution >= 4 is 28.9 Å². The van der Waals surface area contributed by atoms with Gasteiger partial charge in [-0.15, -0.1) is 0 Å². The average molecular weight is 311 g/mol. The van der Waals surface area contributed by atoms with Gasteiger partial charge < -0.3 is 14.8 Å². The zero-order chi connectivity index (χ0) is 15.7. The predicted molar refractivity (Wildman–Crippen MR) is 86.6 cm³/mol. The summed E-state index contributed by atoms with van der Waals surface area (Å²) < 4.78 is 10.5. The highest BCUT2D eigenvalue weighted by Crippen LogP contribution is 2.33. The number of hydrogen-bond acceptors (Lipinski definition) is 4. The largest absolute Gasteiger partial charge is 0.494 e.